The highest BCUT2D eigenvalue weighted by Crippen LogP contribution is 2.54. The van der Waals surface area contributed by atoms with Crippen LogP contribution in [0.2, 0.25) is 0 Å². The van der Waals surface area contributed by atoms with Crippen LogP contribution in [-0.2, 0) is 9.53 Å². The van der Waals surface area contributed by atoms with Gasteiger partial charge in [-0.25, -0.2) is 8.78 Å². The van der Waals surface area contributed by atoms with E-state index in [0.717, 1.165) is 31.2 Å². The fourth-order valence-electron chi connectivity index (χ4n) is 3.96. The van der Waals surface area contributed by atoms with Crippen LogP contribution in [0, 0.1) is 17.6 Å². The van der Waals surface area contributed by atoms with Gasteiger partial charge in [-0.15, -0.1) is 0 Å². The van der Waals surface area contributed by atoms with Gasteiger partial charge in [0.05, 0.1) is 0 Å². The average molecular weight is 469 g/mol. The summed E-state index contributed by atoms with van der Waals surface area (Å²) in [6, 6.07) is 4.32. The zero-order chi connectivity index (χ0) is 24.7. The molecule has 0 spiro atoms. The molecule has 6 nitrogen and oxygen atoms in total. The molecule has 2 aromatic rings. The first-order valence-electron chi connectivity index (χ1n) is 9.73. The van der Waals surface area contributed by atoms with E-state index in [1.165, 1.54) is 19.2 Å². The number of ether oxygens (including phenoxy) is 1. The van der Waals surface area contributed by atoms with E-state index < -0.39 is 53.2 Å². The molecule has 1 aromatic heterocycles. The van der Waals surface area contributed by atoms with Crippen LogP contribution in [0.25, 0.3) is 6.08 Å². The van der Waals surface area contributed by atoms with Crippen LogP contribution >= 0.6 is 0 Å². The van der Waals surface area contributed by atoms with Gasteiger partial charge >= 0.3 is 6.18 Å². The molecule has 11 heteroatoms. The molecule has 176 valence electrons. The minimum Gasteiger partial charge on any atom is -0.364 e. The number of primary amides is 1. The third-order valence-electron chi connectivity index (χ3n) is 5.94. The third-order valence-corrected chi connectivity index (χ3v) is 5.94. The Balaban J connectivity index is 2.08. The van der Waals surface area contributed by atoms with Crippen molar-refractivity contribution < 1.29 is 36.3 Å². The van der Waals surface area contributed by atoms with Crippen molar-refractivity contribution in [2.45, 2.75) is 37.6 Å². The second-order valence-corrected chi connectivity index (χ2v) is 7.81. The van der Waals surface area contributed by atoms with Crippen LogP contribution in [0.4, 0.5) is 27.6 Å². The summed E-state index contributed by atoms with van der Waals surface area (Å²) in [5.74, 6) is -7.05. The second-order valence-electron chi connectivity index (χ2n) is 7.81. The molecule has 0 unspecified atom stereocenters. The zero-order valence-corrected chi connectivity index (χ0v) is 17.5. The van der Waals surface area contributed by atoms with E-state index in [0.29, 0.717) is 0 Å². The molecule has 0 radical (unpaired) electrons. The number of amides is 2. The number of rotatable bonds is 5. The third kappa shape index (κ3) is 4.20. The first kappa shape index (κ1) is 24.3. The van der Waals surface area contributed by atoms with Crippen molar-refractivity contribution in [1.29, 1.82) is 0 Å². The number of anilines is 1. The van der Waals surface area contributed by atoms with Crippen molar-refractivity contribution in [3.05, 3.63) is 65.5 Å². The Kier molecular flexibility index (Phi) is 6.29. The molecule has 3 N–H and O–H groups in total. The summed E-state index contributed by atoms with van der Waals surface area (Å²) in [6.45, 7) is 5.43. The van der Waals surface area contributed by atoms with Crippen LogP contribution in [-0.4, -0.2) is 34.7 Å². The summed E-state index contributed by atoms with van der Waals surface area (Å²) < 4.78 is 75.3. The predicted octanol–water partition coefficient (Wildman–Crippen LogP) is 4.18. The topological polar surface area (TPSA) is 94.3 Å². The van der Waals surface area contributed by atoms with Gasteiger partial charge in [-0.3, -0.25) is 14.6 Å². The van der Waals surface area contributed by atoms with Gasteiger partial charge in [0.25, 0.3) is 11.8 Å². The second kappa shape index (κ2) is 8.54. The van der Waals surface area contributed by atoms with E-state index in [2.05, 4.69) is 16.9 Å². The van der Waals surface area contributed by atoms with Crippen molar-refractivity contribution >= 4 is 23.6 Å². The van der Waals surface area contributed by atoms with E-state index in [-0.39, 0.29) is 22.5 Å². The largest absolute Gasteiger partial charge is 0.417 e. The number of carbonyl (C=O) groups is 2. The van der Waals surface area contributed by atoms with Crippen molar-refractivity contribution in [1.82, 2.24) is 4.98 Å². The van der Waals surface area contributed by atoms with Gasteiger partial charge in [0.15, 0.2) is 17.2 Å². The molecule has 2 heterocycles. The number of hydrogen-bond donors (Lipinski definition) is 2. The number of aromatic nitrogens is 1. The van der Waals surface area contributed by atoms with Gasteiger partial charge in [0, 0.05) is 29.3 Å². The normalized spacial score (nSPS) is 25.0. The van der Waals surface area contributed by atoms with Gasteiger partial charge in [-0.2, -0.15) is 13.2 Å². The molecule has 2 amide bonds. The smallest absolute Gasteiger partial charge is 0.364 e. The van der Waals surface area contributed by atoms with Gasteiger partial charge in [-0.1, -0.05) is 25.6 Å². The van der Waals surface area contributed by atoms with Crippen LogP contribution < -0.4 is 11.1 Å². The molecule has 4 atom stereocenters. The SMILES string of the molecule is C=Cc1c([C@@H]2[C@H](C(=O)Nc3ccnc(C(N)=O)c3)O[C@](C)(C(F)(F)F)[C@H]2C)ccc(F)c1F. The number of pyridine rings is 1. The fraction of sp³-hybridized carbons (Fsp3) is 0.318. The Morgan fingerprint density at radius 3 is 2.52 bits per heavy atom. The summed E-state index contributed by atoms with van der Waals surface area (Å²) in [5, 5.41) is 2.38. The highest BCUT2D eigenvalue weighted by atomic mass is 19.4. The summed E-state index contributed by atoms with van der Waals surface area (Å²) >= 11 is 0. The van der Waals surface area contributed by atoms with Crippen molar-refractivity contribution in [3.63, 3.8) is 0 Å². The minimum atomic E-state index is -4.87. The molecule has 33 heavy (non-hydrogen) atoms. The van der Waals surface area contributed by atoms with Crippen LogP contribution in [0.1, 0.15) is 41.4 Å². The number of hydrogen-bond acceptors (Lipinski definition) is 4. The Bertz CT molecular complexity index is 1120. The molecule has 3 rings (SSSR count). The van der Waals surface area contributed by atoms with E-state index in [1.54, 1.807) is 0 Å². The van der Waals surface area contributed by atoms with E-state index in [9.17, 15) is 31.5 Å². The molecular weight excluding hydrogens is 449 g/mol. The fourth-order valence-corrected chi connectivity index (χ4v) is 3.96. The highest BCUT2D eigenvalue weighted by Gasteiger charge is 2.65. The first-order chi connectivity index (χ1) is 15.3. The molecule has 1 aliphatic rings. The van der Waals surface area contributed by atoms with Gasteiger partial charge in [0.2, 0.25) is 0 Å². The lowest BCUT2D eigenvalue weighted by molar-refractivity contribution is -0.272. The molecule has 1 aromatic carbocycles. The molecular formula is C22H20F5N3O3. The summed E-state index contributed by atoms with van der Waals surface area (Å²) in [5.41, 5.74) is 1.83. The number of halogens is 5. The molecule has 0 aliphatic carbocycles. The Morgan fingerprint density at radius 1 is 1.27 bits per heavy atom. The lowest BCUT2D eigenvalue weighted by Crippen LogP contribution is -2.47. The predicted molar refractivity (Wildman–Crippen MR) is 109 cm³/mol. The standard InChI is InChI=1S/C22H20F5N3O3/c1-4-12-13(5-6-14(23)17(12)24)16-10(2)21(3,22(25,26)27)33-18(16)20(32)30-11-7-8-29-15(9-11)19(28)31/h4-10,16,18H,1H2,2-3H3,(H2,28,31)(H,29,30,32)/t10-,16+,18+,21-/m0/s1. The Labute approximate surface area is 185 Å². The number of benzene rings is 1. The minimum absolute atomic E-state index is 0.0358. The maximum absolute atomic E-state index is 14.4. The number of alkyl halides is 3. The van der Waals surface area contributed by atoms with E-state index >= 15 is 0 Å². The van der Waals surface area contributed by atoms with Gasteiger partial charge in [0.1, 0.15) is 11.8 Å². The number of carbonyl (C=O) groups excluding carboxylic acids is 2. The summed E-state index contributed by atoms with van der Waals surface area (Å²) in [6.07, 6.45) is -4.46. The Morgan fingerprint density at radius 2 is 1.94 bits per heavy atom. The van der Waals surface area contributed by atoms with Gasteiger partial charge in [-0.05, 0) is 30.7 Å². The molecule has 1 fully saturated rings. The summed E-state index contributed by atoms with van der Waals surface area (Å²) in [4.78, 5) is 28.1. The molecule has 1 saturated heterocycles. The highest BCUT2D eigenvalue weighted by molar-refractivity contribution is 5.97. The number of nitrogens with two attached hydrogens (primary N) is 1. The number of nitrogens with zero attached hydrogens (tertiary/aromatic N) is 1. The maximum Gasteiger partial charge on any atom is 0.417 e. The van der Waals surface area contributed by atoms with Crippen molar-refractivity contribution in [3.8, 4) is 0 Å². The van der Waals surface area contributed by atoms with Crippen molar-refractivity contribution in [2.75, 3.05) is 5.32 Å². The van der Waals surface area contributed by atoms with Crippen LogP contribution in [0.5, 0.6) is 0 Å². The first-order valence-corrected chi connectivity index (χ1v) is 9.73. The Hall–Kier alpha value is -3.34. The van der Waals surface area contributed by atoms with Crippen molar-refractivity contribution in [2.24, 2.45) is 11.7 Å². The van der Waals surface area contributed by atoms with E-state index in [1.807, 2.05) is 0 Å². The molecule has 0 saturated carbocycles. The average Bonchev–Trinajstić information content (AvgIpc) is 3.02. The van der Waals surface area contributed by atoms with E-state index in [4.69, 9.17) is 10.5 Å². The number of nitrogens with one attached hydrogen (secondary N) is 1. The lowest BCUT2D eigenvalue weighted by Gasteiger charge is -2.32. The van der Waals surface area contributed by atoms with Crippen LogP contribution in [0.15, 0.2) is 37.0 Å². The maximum atomic E-state index is 14.4. The quantitative estimate of drug-likeness (QED) is 0.643. The monoisotopic (exact) mass is 469 g/mol. The zero-order valence-electron chi connectivity index (χ0n) is 17.5. The van der Waals surface area contributed by atoms with Gasteiger partial charge < -0.3 is 15.8 Å². The summed E-state index contributed by atoms with van der Waals surface area (Å²) in [7, 11) is 0. The van der Waals surface area contributed by atoms with Crippen LogP contribution in [0.3, 0.4) is 0 Å². The molecule has 0 bridgehead atoms. The molecule has 1 aliphatic heterocycles. The lowest BCUT2D eigenvalue weighted by atomic mass is 9.75.